The van der Waals surface area contributed by atoms with Crippen LogP contribution in [0.1, 0.15) is 41.5 Å². The van der Waals surface area contributed by atoms with E-state index in [1.165, 1.54) is 23.5 Å². The van der Waals surface area contributed by atoms with Crippen molar-refractivity contribution >= 4 is 17.2 Å². The summed E-state index contributed by atoms with van der Waals surface area (Å²) in [6, 6.07) is 7.25. The van der Waals surface area contributed by atoms with Crippen LogP contribution in [-0.4, -0.2) is 5.91 Å². The van der Waals surface area contributed by atoms with Crippen molar-refractivity contribution in [2.45, 2.75) is 26.3 Å². The van der Waals surface area contributed by atoms with Crippen LogP contribution in [-0.2, 0) is 0 Å². The second-order valence-corrected chi connectivity index (χ2v) is 6.25. The number of thiophene rings is 1. The van der Waals surface area contributed by atoms with Crippen LogP contribution in [0.3, 0.4) is 0 Å². The van der Waals surface area contributed by atoms with E-state index in [-0.39, 0.29) is 11.6 Å². The molecule has 1 atom stereocenters. The summed E-state index contributed by atoms with van der Waals surface area (Å²) in [7, 11) is 0. The number of rotatable bonds is 5. The Balaban J connectivity index is 2.20. The van der Waals surface area contributed by atoms with E-state index in [2.05, 4.69) is 19.2 Å². The van der Waals surface area contributed by atoms with Gasteiger partial charge in [-0.1, -0.05) is 26.0 Å². The lowest BCUT2D eigenvalue weighted by atomic mass is 10.0. The van der Waals surface area contributed by atoms with Crippen LogP contribution in [0.4, 0.5) is 8.78 Å². The number of nitrogens with one attached hydrogen (secondary N) is 1. The highest BCUT2D eigenvalue weighted by Crippen LogP contribution is 2.26. The molecule has 2 rings (SSSR count). The number of hydrogen-bond acceptors (Lipinski definition) is 2. The van der Waals surface area contributed by atoms with Gasteiger partial charge in [0.15, 0.2) is 11.6 Å². The van der Waals surface area contributed by atoms with Crippen molar-refractivity contribution in [2.75, 3.05) is 0 Å². The fourth-order valence-electron chi connectivity index (χ4n) is 2.12. The maximum atomic E-state index is 13.7. The Bertz CT molecular complexity index is 611. The van der Waals surface area contributed by atoms with Gasteiger partial charge in [-0.2, -0.15) is 0 Å². The van der Waals surface area contributed by atoms with Gasteiger partial charge in [-0.25, -0.2) is 8.78 Å². The molecule has 0 saturated heterocycles. The molecule has 0 bridgehead atoms. The number of amides is 1. The Labute approximate surface area is 126 Å². The average molecular weight is 309 g/mol. The van der Waals surface area contributed by atoms with Gasteiger partial charge in [-0.3, -0.25) is 4.79 Å². The summed E-state index contributed by atoms with van der Waals surface area (Å²) in [5, 5.41) is 4.73. The number of benzene rings is 1. The van der Waals surface area contributed by atoms with Gasteiger partial charge in [-0.05, 0) is 35.9 Å². The van der Waals surface area contributed by atoms with E-state index in [1.807, 2.05) is 17.5 Å². The molecule has 1 heterocycles. The van der Waals surface area contributed by atoms with Crippen LogP contribution in [0, 0.1) is 17.6 Å². The Morgan fingerprint density at radius 3 is 2.62 bits per heavy atom. The van der Waals surface area contributed by atoms with Crippen molar-refractivity contribution < 1.29 is 13.6 Å². The van der Waals surface area contributed by atoms with Gasteiger partial charge in [0.2, 0.25) is 0 Å². The molecule has 1 aromatic heterocycles. The molecule has 5 heteroatoms. The first-order valence-electron chi connectivity index (χ1n) is 6.77. The van der Waals surface area contributed by atoms with E-state index in [0.717, 1.165) is 17.4 Å². The quantitative estimate of drug-likeness (QED) is 0.863. The van der Waals surface area contributed by atoms with E-state index < -0.39 is 17.5 Å². The highest BCUT2D eigenvalue weighted by Gasteiger charge is 2.21. The predicted octanol–water partition coefficient (Wildman–Crippen LogP) is 4.54. The molecule has 2 aromatic rings. The maximum Gasteiger partial charge on any atom is 0.254 e. The van der Waals surface area contributed by atoms with Gasteiger partial charge < -0.3 is 5.32 Å². The molecule has 1 aromatic carbocycles. The molecule has 0 aliphatic carbocycles. The third-order valence-corrected chi connectivity index (χ3v) is 4.08. The lowest BCUT2D eigenvalue weighted by molar-refractivity contribution is 0.0927. The molecule has 0 saturated carbocycles. The first kappa shape index (κ1) is 15.6. The highest BCUT2D eigenvalue weighted by atomic mass is 32.1. The van der Waals surface area contributed by atoms with Crippen molar-refractivity contribution in [3.05, 3.63) is 57.8 Å². The first-order valence-corrected chi connectivity index (χ1v) is 7.65. The largest absolute Gasteiger partial charge is 0.344 e. The fraction of sp³-hybridized carbons (Fsp3) is 0.312. The van der Waals surface area contributed by atoms with Gasteiger partial charge in [0.05, 0.1) is 11.6 Å². The summed E-state index contributed by atoms with van der Waals surface area (Å²) < 4.78 is 26.9. The van der Waals surface area contributed by atoms with Gasteiger partial charge in [0.1, 0.15) is 0 Å². The monoisotopic (exact) mass is 309 g/mol. The van der Waals surface area contributed by atoms with E-state index in [4.69, 9.17) is 0 Å². The summed E-state index contributed by atoms with van der Waals surface area (Å²) in [5.41, 5.74) is -0.264. The second-order valence-electron chi connectivity index (χ2n) is 5.27. The zero-order chi connectivity index (χ0) is 15.4. The molecule has 2 nitrogen and oxygen atoms in total. The van der Waals surface area contributed by atoms with Crippen molar-refractivity contribution in [1.82, 2.24) is 5.32 Å². The van der Waals surface area contributed by atoms with Crippen LogP contribution < -0.4 is 5.32 Å². The molecule has 1 N–H and O–H groups in total. The normalized spacial score (nSPS) is 12.4. The Hall–Kier alpha value is -1.75. The summed E-state index contributed by atoms with van der Waals surface area (Å²) >= 11 is 1.53. The number of carbonyl (C=O) groups excluding carboxylic acids is 1. The third kappa shape index (κ3) is 3.88. The molecule has 0 aliphatic rings. The summed E-state index contributed by atoms with van der Waals surface area (Å²) in [4.78, 5) is 13.2. The smallest absolute Gasteiger partial charge is 0.254 e. The third-order valence-electron chi connectivity index (χ3n) is 3.10. The van der Waals surface area contributed by atoms with Crippen LogP contribution in [0.15, 0.2) is 35.7 Å². The van der Waals surface area contributed by atoms with Crippen LogP contribution in [0.5, 0.6) is 0 Å². The van der Waals surface area contributed by atoms with E-state index in [1.54, 1.807) is 0 Å². The SMILES string of the molecule is CC(C)CC(NC(=O)c1cccc(F)c1F)c1cccs1. The molecule has 0 fully saturated rings. The molecule has 21 heavy (non-hydrogen) atoms. The Morgan fingerprint density at radius 1 is 1.24 bits per heavy atom. The summed E-state index contributed by atoms with van der Waals surface area (Å²) in [6.45, 7) is 4.10. The lowest BCUT2D eigenvalue weighted by Crippen LogP contribution is -2.29. The predicted molar refractivity (Wildman–Crippen MR) is 80.3 cm³/mol. The molecule has 0 aliphatic heterocycles. The minimum Gasteiger partial charge on any atom is -0.344 e. The zero-order valence-electron chi connectivity index (χ0n) is 11.9. The Morgan fingerprint density at radius 2 is 2.00 bits per heavy atom. The van der Waals surface area contributed by atoms with Crippen molar-refractivity contribution in [3.63, 3.8) is 0 Å². The molecule has 0 spiro atoms. The molecular weight excluding hydrogens is 292 g/mol. The van der Waals surface area contributed by atoms with Gasteiger partial charge in [-0.15, -0.1) is 11.3 Å². The van der Waals surface area contributed by atoms with Crippen molar-refractivity contribution in [1.29, 1.82) is 0 Å². The van der Waals surface area contributed by atoms with Gasteiger partial charge >= 0.3 is 0 Å². The fourth-order valence-corrected chi connectivity index (χ4v) is 2.91. The topological polar surface area (TPSA) is 29.1 Å². The number of carbonyl (C=O) groups is 1. The standard InChI is InChI=1S/C16H17F2NOS/c1-10(2)9-13(14-7-4-8-21-14)19-16(20)11-5-3-6-12(17)15(11)18/h3-8,10,13H,9H2,1-2H3,(H,19,20). The molecule has 112 valence electrons. The summed E-state index contributed by atoms with van der Waals surface area (Å²) in [6.07, 6.45) is 0.739. The molecular formula is C16H17F2NOS. The lowest BCUT2D eigenvalue weighted by Gasteiger charge is -2.19. The van der Waals surface area contributed by atoms with Crippen molar-refractivity contribution in [2.24, 2.45) is 5.92 Å². The van der Waals surface area contributed by atoms with Gasteiger partial charge in [0.25, 0.3) is 5.91 Å². The second kappa shape index (κ2) is 6.80. The minimum atomic E-state index is -1.11. The Kier molecular flexibility index (Phi) is 5.07. The van der Waals surface area contributed by atoms with E-state index >= 15 is 0 Å². The van der Waals surface area contributed by atoms with Gasteiger partial charge in [0, 0.05) is 4.88 Å². The molecule has 1 amide bonds. The van der Waals surface area contributed by atoms with Crippen LogP contribution in [0.2, 0.25) is 0 Å². The summed E-state index contributed by atoms with van der Waals surface area (Å²) in [5.74, 6) is -2.34. The molecule has 1 unspecified atom stereocenters. The van der Waals surface area contributed by atoms with Crippen LogP contribution in [0.25, 0.3) is 0 Å². The zero-order valence-corrected chi connectivity index (χ0v) is 12.7. The van der Waals surface area contributed by atoms with Crippen molar-refractivity contribution in [3.8, 4) is 0 Å². The van der Waals surface area contributed by atoms with E-state index in [0.29, 0.717) is 5.92 Å². The average Bonchev–Trinajstić information content (AvgIpc) is 2.94. The minimum absolute atomic E-state index is 0.194. The number of halogens is 2. The highest BCUT2D eigenvalue weighted by molar-refractivity contribution is 7.10. The molecule has 0 radical (unpaired) electrons. The number of hydrogen-bond donors (Lipinski definition) is 1. The van der Waals surface area contributed by atoms with Crippen LogP contribution >= 0.6 is 11.3 Å². The maximum absolute atomic E-state index is 13.7. The first-order chi connectivity index (χ1) is 9.99. The van der Waals surface area contributed by atoms with E-state index in [9.17, 15) is 13.6 Å².